The largest absolute Gasteiger partial charge is 0.389 e. The number of fused-ring (bicyclic) bond motifs is 1. The fourth-order valence-electron chi connectivity index (χ4n) is 3.11. The summed E-state index contributed by atoms with van der Waals surface area (Å²) in [5, 5.41) is 19.4. The highest BCUT2D eigenvalue weighted by molar-refractivity contribution is 5.90. The topological polar surface area (TPSA) is 72.4 Å². The van der Waals surface area contributed by atoms with E-state index in [1.165, 1.54) is 10.7 Å². The summed E-state index contributed by atoms with van der Waals surface area (Å²) in [7, 11) is 0. The van der Waals surface area contributed by atoms with Crippen molar-refractivity contribution in [3.63, 3.8) is 0 Å². The third-order valence-electron chi connectivity index (χ3n) is 4.25. The molecule has 6 heteroatoms. The van der Waals surface area contributed by atoms with Gasteiger partial charge in [-0.3, -0.25) is 4.79 Å². The van der Waals surface area contributed by atoms with E-state index in [1.54, 1.807) is 19.9 Å². The summed E-state index contributed by atoms with van der Waals surface area (Å²) in [6.07, 6.45) is 1.89. The third-order valence-corrected chi connectivity index (χ3v) is 4.25. The van der Waals surface area contributed by atoms with Crippen LogP contribution in [0.25, 0.3) is 28.0 Å². The first-order valence-corrected chi connectivity index (χ1v) is 8.76. The molecule has 0 aliphatic heterocycles. The maximum absolute atomic E-state index is 12.2. The highest BCUT2D eigenvalue weighted by atomic mass is 16.3. The molecule has 1 N–H and O–H groups in total. The normalized spacial score (nSPS) is 11.8. The van der Waals surface area contributed by atoms with Crippen molar-refractivity contribution in [3.05, 3.63) is 77.2 Å². The number of hydrogen-bond donors (Lipinski definition) is 1. The van der Waals surface area contributed by atoms with Gasteiger partial charge in [-0.05, 0) is 32.0 Å². The fourth-order valence-corrected chi connectivity index (χ4v) is 3.11. The molecule has 0 fully saturated rings. The molecule has 3 aromatic heterocycles. The second-order valence-electron chi connectivity index (χ2n) is 7.15. The average Bonchev–Trinajstić information content (AvgIpc) is 3.03. The molecule has 0 saturated heterocycles. The molecule has 0 amide bonds. The van der Waals surface area contributed by atoms with Crippen LogP contribution in [-0.2, 0) is 6.54 Å². The Hall–Kier alpha value is -3.25. The maximum atomic E-state index is 12.2. The second kappa shape index (κ2) is 6.48. The molecule has 6 nitrogen and oxygen atoms in total. The summed E-state index contributed by atoms with van der Waals surface area (Å²) >= 11 is 0. The molecule has 0 unspecified atom stereocenters. The van der Waals surface area contributed by atoms with Crippen molar-refractivity contribution in [2.75, 3.05) is 0 Å². The molecule has 4 rings (SSSR count). The van der Waals surface area contributed by atoms with Gasteiger partial charge in [-0.25, -0.2) is 9.20 Å². The van der Waals surface area contributed by atoms with Crippen molar-refractivity contribution in [3.8, 4) is 22.5 Å². The Bertz CT molecular complexity index is 1150. The summed E-state index contributed by atoms with van der Waals surface area (Å²) in [6, 6.07) is 18.9. The van der Waals surface area contributed by atoms with Crippen molar-refractivity contribution in [1.29, 1.82) is 0 Å². The first-order valence-electron chi connectivity index (χ1n) is 8.76. The summed E-state index contributed by atoms with van der Waals surface area (Å²) in [5.41, 5.74) is 2.86. The average molecular weight is 360 g/mol. The van der Waals surface area contributed by atoms with Gasteiger partial charge >= 0.3 is 0 Å². The van der Waals surface area contributed by atoms with Crippen molar-refractivity contribution in [2.24, 2.45) is 0 Å². The molecule has 0 spiro atoms. The number of benzene rings is 1. The lowest BCUT2D eigenvalue weighted by Crippen LogP contribution is -2.34. The zero-order valence-corrected chi connectivity index (χ0v) is 15.2. The minimum absolute atomic E-state index is 0.111. The summed E-state index contributed by atoms with van der Waals surface area (Å²) in [6.45, 7) is 3.41. The van der Waals surface area contributed by atoms with Gasteiger partial charge in [0.05, 0.1) is 28.9 Å². The van der Waals surface area contributed by atoms with Gasteiger partial charge in [0.2, 0.25) is 0 Å². The fraction of sp³-hybridized carbons (Fsp3) is 0.190. The van der Waals surface area contributed by atoms with Crippen LogP contribution in [0, 0.1) is 0 Å². The van der Waals surface area contributed by atoms with Crippen molar-refractivity contribution < 1.29 is 5.11 Å². The minimum Gasteiger partial charge on any atom is -0.389 e. The molecule has 0 atom stereocenters. The number of nitrogens with zero attached hydrogens (tertiary/aromatic N) is 4. The number of aromatic nitrogens is 4. The van der Waals surface area contributed by atoms with Crippen molar-refractivity contribution in [1.82, 2.24) is 19.4 Å². The maximum Gasteiger partial charge on any atom is 0.266 e. The third kappa shape index (κ3) is 3.39. The zero-order chi connectivity index (χ0) is 19.0. The lowest BCUT2D eigenvalue weighted by molar-refractivity contribution is 0.0562. The Morgan fingerprint density at radius 3 is 2.44 bits per heavy atom. The van der Waals surface area contributed by atoms with E-state index in [9.17, 15) is 9.90 Å². The van der Waals surface area contributed by atoms with Crippen LogP contribution in [0.4, 0.5) is 0 Å². The van der Waals surface area contributed by atoms with Crippen LogP contribution in [0.1, 0.15) is 13.8 Å². The van der Waals surface area contributed by atoms with Gasteiger partial charge in [0.25, 0.3) is 5.56 Å². The van der Waals surface area contributed by atoms with Crippen molar-refractivity contribution >= 4 is 5.52 Å². The van der Waals surface area contributed by atoms with Crippen LogP contribution in [0.3, 0.4) is 0 Å². The first-order chi connectivity index (χ1) is 12.9. The van der Waals surface area contributed by atoms with Gasteiger partial charge in [0.15, 0.2) is 0 Å². The van der Waals surface area contributed by atoms with Gasteiger partial charge < -0.3 is 5.11 Å². The minimum atomic E-state index is -1.04. The first kappa shape index (κ1) is 17.2. The van der Waals surface area contributed by atoms with Crippen molar-refractivity contribution in [2.45, 2.75) is 26.0 Å². The highest BCUT2D eigenvalue weighted by Crippen LogP contribution is 2.33. The van der Waals surface area contributed by atoms with Gasteiger partial charge in [0.1, 0.15) is 5.69 Å². The molecule has 27 heavy (non-hydrogen) atoms. The standard InChI is InChI=1S/C21H20N4O2/c1-21(2,27)14-25-18(26)12-11-16(22-25)19-17-10-6-7-13-24(17)23-20(19)15-8-4-3-5-9-15/h3-13,27H,14H2,1-2H3. The molecule has 4 aromatic rings. The summed E-state index contributed by atoms with van der Waals surface area (Å²) < 4.78 is 3.11. The van der Waals surface area contributed by atoms with Crippen LogP contribution in [0.15, 0.2) is 71.7 Å². The Morgan fingerprint density at radius 1 is 0.963 bits per heavy atom. The number of pyridine rings is 1. The highest BCUT2D eigenvalue weighted by Gasteiger charge is 2.20. The van der Waals surface area contributed by atoms with Crippen LogP contribution in [0.5, 0.6) is 0 Å². The Balaban J connectivity index is 1.96. The Labute approximate surface area is 156 Å². The lowest BCUT2D eigenvalue weighted by Gasteiger charge is -2.18. The predicted molar refractivity (Wildman–Crippen MR) is 104 cm³/mol. The van der Waals surface area contributed by atoms with E-state index in [-0.39, 0.29) is 12.1 Å². The molecule has 0 radical (unpaired) electrons. The molecule has 136 valence electrons. The van der Waals surface area contributed by atoms with Gasteiger partial charge in [-0.15, -0.1) is 0 Å². The Morgan fingerprint density at radius 2 is 1.70 bits per heavy atom. The van der Waals surface area contributed by atoms with E-state index < -0.39 is 5.60 Å². The van der Waals surface area contributed by atoms with E-state index in [0.717, 1.165) is 22.3 Å². The zero-order valence-electron chi connectivity index (χ0n) is 15.2. The molecule has 0 aliphatic carbocycles. The quantitative estimate of drug-likeness (QED) is 0.607. The second-order valence-corrected chi connectivity index (χ2v) is 7.15. The number of rotatable bonds is 4. The number of hydrogen-bond acceptors (Lipinski definition) is 4. The van der Waals surface area contributed by atoms with Crippen LogP contribution < -0.4 is 5.56 Å². The lowest BCUT2D eigenvalue weighted by atomic mass is 10.0. The predicted octanol–water partition coefficient (Wildman–Crippen LogP) is 3.00. The molecule has 1 aromatic carbocycles. The molecular weight excluding hydrogens is 340 g/mol. The molecular formula is C21H20N4O2. The van der Waals surface area contributed by atoms with Crippen LogP contribution >= 0.6 is 0 Å². The number of aliphatic hydroxyl groups is 1. The van der Waals surface area contributed by atoms with E-state index in [4.69, 9.17) is 5.10 Å². The molecule has 0 aliphatic rings. The van der Waals surface area contributed by atoms with E-state index in [0.29, 0.717) is 5.69 Å². The van der Waals surface area contributed by atoms with Gasteiger partial charge in [0, 0.05) is 17.8 Å². The SMILES string of the molecule is CC(C)(O)Cn1nc(-c2c(-c3ccccc3)nn3ccccc23)ccc1=O. The monoisotopic (exact) mass is 360 g/mol. The molecule has 0 bridgehead atoms. The van der Waals surface area contributed by atoms with Gasteiger partial charge in [-0.1, -0.05) is 36.4 Å². The Kier molecular flexibility index (Phi) is 4.12. The van der Waals surface area contributed by atoms with Gasteiger partial charge in [-0.2, -0.15) is 10.2 Å². The summed E-state index contributed by atoms with van der Waals surface area (Å²) in [4.78, 5) is 12.2. The smallest absolute Gasteiger partial charge is 0.266 e. The van der Waals surface area contributed by atoms with E-state index >= 15 is 0 Å². The van der Waals surface area contributed by atoms with E-state index in [2.05, 4.69) is 5.10 Å². The summed E-state index contributed by atoms with van der Waals surface area (Å²) in [5.74, 6) is 0. The van der Waals surface area contributed by atoms with Crippen LogP contribution in [0.2, 0.25) is 0 Å². The van der Waals surface area contributed by atoms with Crippen LogP contribution in [-0.4, -0.2) is 30.1 Å². The molecule has 3 heterocycles. The molecule has 0 saturated carbocycles. The van der Waals surface area contributed by atoms with E-state index in [1.807, 2.05) is 59.2 Å².